The molecule has 0 saturated heterocycles. The van der Waals surface area contributed by atoms with Crippen molar-refractivity contribution in [3.63, 3.8) is 0 Å². The molecule has 0 spiro atoms. The number of halogens is 1. The minimum absolute atomic E-state index is 0.0699. The van der Waals surface area contributed by atoms with E-state index in [0.717, 1.165) is 28.7 Å². The number of benzene rings is 1. The molecule has 1 aliphatic carbocycles. The van der Waals surface area contributed by atoms with E-state index in [1.165, 1.54) is 0 Å². The van der Waals surface area contributed by atoms with Crippen LogP contribution in [0.15, 0.2) is 84.5 Å². The summed E-state index contributed by atoms with van der Waals surface area (Å²) in [6, 6.07) is 9.94. The Labute approximate surface area is 167 Å². The Bertz CT molecular complexity index is 795. The van der Waals surface area contributed by atoms with Gasteiger partial charge in [-0.2, -0.15) is 3.89 Å². The lowest BCUT2D eigenvalue weighted by atomic mass is 9.75. The predicted octanol–water partition coefficient (Wildman–Crippen LogP) is 7.51. The van der Waals surface area contributed by atoms with E-state index in [9.17, 15) is 3.89 Å². The maximum Gasteiger partial charge on any atom is 0.0723 e. The molecule has 142 valence electrons. The van der Waals surface area contributed by atoms with Crippen molar-refractivity contribution in [2.45, 2.75) is 38.4 Å². The maximum absolute atomic E-state index is 14.1. The highest BCUT2D eigenvalue weighted by molar-refractivity contribution is 7.95. The van der Waals surface area contributed by atoms with E-state index in [-0.39, 0.29) is 5.92 Å². The first-order chi connectivity index (χ1) is 13.0. The summed E-state index contributed by atoms with van der Waals surface area (Å²) in [5, 5.41) is 8.77. The molecule has 0 aliphatic heterocycles. The monoisotopic (exact) mass is 381 g/mol. The van der Waals surface area contributed by atoms with Crippen molar-refractivity contribution in [3.05, 3.63) is 90.1 Å². The summed E-state index contributed by atoms with van der Waals surface area (Å²) in [5.41, 5.74) is 4.09. The van der Waals surface area contributed by atoms with Gasteiger partial charge in [-0.05, 0) is 55.0 Å². The second-order valence-corrected chi connectivity index (χ2v) is 7.73. The normalized spacial score (nSPS) is 19.6. The first-order valence-corrected chi connectivity index (χ1v) is 10.0. The molecule has 0 bridgehead atoms. The lowest BCUT2D eigenvalue weighted by Crippen LogP contribution is -2.35. The second-order valence-electron chi connectivity index (χ2n) is 6.82. The van der Waals surface area contributed by atoms with E-state index < -0.39 is 4.75 Å². The first-order valence-electron chi connectivity index (χ1n) is 9.31. The molecule has 1 aromatic carbocycles. The van der Waals surface area contributed by atoms with Gasteiger partial charge in [0, 0.05) is 5.92 Å². The van der Waals surface area contributed by atoms with Crippen LogP contribution in [0, 0.1) is 11.3 Å². The number of hydrogen-bond donors (Lipinski definition) is 1. The number of rotatable bonds is 8. The molecular weight excluding hydrogens is 353 g/mol. The lowest BCUT2D eigenvalue weighted by Gasteiger charge is -2.37. The fourth-order valence-corrected chi connectivity index (χ4v) is 4.17. The summed E-state index contributed by atoms with van der Waals surface area (Å²) in [4.78, 5) is 0. The van der Waals surface area contributed by atoms with Crippen molar-refractivity contribution in [1.29, 1.82) is 5.41 Å². The van der Waals surface area contributed by atoms with Gasteiger partial charge in [-0.15, -0.1) is 0 Å². The van der Waals surface area contributed by atoms with Crippen LogP contribution in [0.2, 0.25) is 0 Å². The minimum Gasteiger partial charge on any atom is -0.300 e. The Morgan fingerprint density at radius 2 is 2.07 bits per heavy atom. The highest BCUT2D eigenvalue weighted by atomic mass is 32.2. The molecule has 3 heteroatoms. The van der Waals surface area contributed by atoms with Crippen molar-refractivity contribution in [1.82, 2.24) is 0 Å². The highest BCUT2D eigenvalue weighted by Gasteiger charge is 2.40. The maximum atomic E-state index is 14.1. The lowest BCUT2D eigenvalue weighted by molar-refractivity contribution is 0.486. The molecule has 0 saturated carbocycles. The molecule has 0 amide bonds. The first kappa shape index (κ1) is 21.2. The van der Waals surface area contributed by atoms with Crippen LogP contribution in [0.1, 0.15) is 39.2 Å². The van der Waals surface area contributed by atoms with E-state index in [4.69, 9.17) is 5.41 Å². The SMILES string of the molecule is C=C(/C=C(/C)C(=N)C1=CC=CCC1C(C=CC)(CC)SF)c1ccccc1. The van der Waals surface area contributed by atoms with Gasteiger partial charge in [-0.1, -0.05) is 74.2 Å². The van der Waals surface area contributed by atoms with Crippen LogP contribution in [0.5, 0.6) is 0 Å². The Morgan fingerprint density at radius 3 is 2.67 bits per heavy atom. The Morgan fingerprint density at radius 1 is 1.37 bits per heavy atom. The van der Waals surface area contributed by atoms with Crippen molar-refractivity contribution < 1.29 is 3.89 Å². The second kappa shape index (κ2) is 9.70. The van der Waals surface area contributed by atoms with Gasteiger partial charge in [0.05, 0.1) is 22.6 Å². The van der Waals surface area contributed by atoms with Gasteiger partial charge in [-0.3, -0.25) is 0 Å². The Kier molecular flexibility index (Phi) is 7.61. The quantitative estimate of drug-likeness (QED) is 0.281. The molecule has 27 heavy (non-hydrogen) atoms. The van der Waals surface area contributed by atoms with Crippen LogP contribution in [-0.2, 0) is 0 Å². The third-order valence-corrected chi connectivity index (χ3v) is 6.11. The summed E-state index contributed by atoms with van der Waals surface area (Å²) in [5.74, 6) is -0.0699. The van der Waals surface area contributed by atoms with Crippen LogP contribution in [-0.4, -0.2) is 10.5 Å². The van der Waals surface area contributed by atoms with Crippen LogP contribution >= 0.6 is 12.1 Å². The van der Waals surface area contributed by atoms with Crippen LogP contribution in [0.25, 0.3) is 5.57 Å². The molecular formula is C24H28FNS. The van der Waals surface area contributed by atoms with Crippen molar-refractivity contribution >= 4 is 23.4 Å². The predicted molar refractivity (Wildman–Crippen MR) is 119 cm³/mol. The van der Waals surface area contributed by atoms with Gasteiger partial charge in [0.1, 0.15) is 0 Å². The number of hydrogen-bond acceptors (Lipinski definition) is 2. The van der Waals surface area contributed by atoms with Gasteiger partial charge in [0.15, 0.2) is 0 Å². The molecule has 0 fully saturated rings. The molecule has 0 radical (unpaired) electrons. The summed E-state index contributed by atoms with van der Waals surface area (Å²) in [7, 11) is 0. The molecule has 1 aliphatic rings. The largest absolute Gasteiger partial charge is 0.300 e. The Balaban J connectivity index is 2.34. The molecule has 2 rings (SSSR count). The molecule has 2 unspecified atom stereocenters. The molecule has 0 heterocycles. The number of nitrogens with one attached hydrogen (secondary N) is 1. The molecule has 1 N–H and O–H groups in total. The fraction of sp³-hybridized carbons (Fsp3) is 0.292. The van der Waals surface area contributed by atoms with E-state index in [1.807, 2.05) is 81.5 Å². The molecule has 1 aromatic rings. The zero-order valence-electron chi connectivity index (χ0n) is 16.3. The van der Waals surface area contributed by atoms with Crippen molar-refractivity contribution in [2.24, 2.45) is 5.92 Å². The van der Waals surface area contributed by atoms with E-state index in [0.29, 0.717) is 24.3 Å². The van der Waals surface area contributed by atoms with Gasteiger partial charge in [0.25, 0.3) is 0 Å². The third-order valence-electron chi connectivity index (χ3n) is 5.11. The van der Waals surface area contributed by atoms with Crippen LogP contribution in [0.3, 0.4) is 0 Å². The zero-order chi connectivity index (χ0) is 19.9. The standard InChI is InChI=1S/C24H28FNS/c1-5-16-24(6-2,27-25)22-15-11-10-14-21(22)23(26)19(4)17-18(3)20-12-8-7-9-13-20/h5,7-14,16-17,22,26H,3,6,15H2,1-2,4H3/b16-5?,19-17-,26-23?. The summed E-state index contributed by atoms with van der Waals surface area (Å²) in [6.45, 7) is 10.00. The zero-order valence-corrected chi connectivity index (χ0v) is 17.2. The average molecular weight is 382 g/mol. The van der Waals surface area contributed by atoms with Gasteiger partial charge >= 0.3 is 0 Å². The van der Waals surface area contributed by atoms with Gasteiger partial charge < -0.3 is 5.41 Å². The van der Waals surface area contributed by atoms with Crippen molar-refractivity contribution in [2.75, 3.05) is 0 Å². The summed E-state index contributed by atoms with van der Waals surface area (Å²) in [6.07, 6.45) is 13.2. The average Bonchev–Trinajstić information content (AvgIpc) is 2.72. The molecule has 2 atom stereocenters. The summed E-state index contributed by atoms with van der Waals surface area (Å²) >= 11 is 0.397. The smallest absolute Gasteiger partial charge is 0.0723 e. The van der Waals surface area contributed by atoms with Crippen LogP contribution in [0.4, 0.5) is 3.89 Å². The molecule has 1 nitrogen and oxygen atoms in total. The number of allylic oxidation sites excluding steroid dienone is 8. The Hall–Kier alpha value is -2.13. The fourth-order valence-electron chi connectivity index (χ4n) is 3.54. The minimum atomic E-state index is -0.644. The van der Waals surface area contributed by atoms with Crippen LogP contribution < -0.4 is 0 Å². The van der Waals surface area contributed by atoms with E-state index >= 15 is 0 Å². The topological polar surface area (TPSA) is 23.9 Å². The summed E-state index contributed by atoms with van der Waals surface area (Å²) < 4.78 is 13.4. The molecule has 0 aromatic heterocycles. The van der Waals surface area contributed by atoms with Gasteiger partial charge in [-0.25, -0.2) is 0 Å². The third kappa shape index (κ3) is 4.78. The van der Waals surface area contributed by atoms with E-state index in [1.54, 1.807) is 0 Å². The van der Waals surface area contributed by atoms with E-state index in [2.05, 4.69) is 12.7 Å². The van der Waals surface area contributed by atoms with Gasteiger partial charge in [0.2, 0.25) is 0 Å². The highest BCUT2D eigenvalue weighted by Crippen LogP contribution is 2.46. The van der Waals surface area contributed by atoms with Crippen molar-refractivity contribution in [3.8, 4) is 0 Å².